The normalized spacial score (nSPS) is 11.2. The second-order valence-corrected chi connectivity index (χ2v) is 5.31. The molecule has 1 aromatic carbocycles. The Bertz CT molecular complexity index is 587. The molecule has 0 N–H and O–H groups in total. The average molecular weight is 320 g/mol. The number of amides is 1. The number of alkyl halides is 1. The number of nitrogens with zero attached hydrogens (tertiary/aromatic N) is 2. The Hall–Kier alpha value is -2.32. The lowest BCUT2D eigenvalue weighted by atomic mass is 10.2. The highest BCUT2D eigenvalue weighted by Crippen LogP contribution is 2.31. The number of anilines is 1. The van der Waals surface area contributed by atoms with E-state index in [0.717, 1.165) is 0 Å². The van der Waals surface area contributed by atoms with E-state index >= 15 is 0 Å². The summed E-state index contributed by atoms with van der Waals surface area (Å²) in [6.45, 7) is 2.72. The maximum Gasteiger partial charge on any atom is 0.415 e. The summed E-state index contributed by atoms with van der Waals surface area (Å²) in [5.74, 6) is -2.80. The van der Waals surface area contributed by atoms with Crippen LogP contribution in [0.2, 0.25) is 0 Å². The molecule has 0 radical (unpaired) electrons. The maximum atomic E-state index is 14.1. The van der Waals surface area contributed by atoms with Crippen LogP contribution in [0.25, 0.3) is 0 Å². The third-order valence-corrected chi connectivity index (χ3v) is 2.44. The first-order valence-corrected chi connectivity index (χ1v) is 6.27. The number of hydrogen-bond donors (Lipinski definition) is 0. The highest BCUT2D eigenvalue weighted by molar-refractivity contribution is 5.88. The van der Waals surface area contributed by atoms with Gasteiger partial charge in [-0.25, -0.2) is 13.6 Å². The van der Waals surface area contributed by atoms with Gasteiger partial charge in [-0.15, -0.1) is 0 Å². The smallest absolute Gasteiger partial charge is 0.415 e. The third-order valence-electron chi connectivity index (χ3n) is 2.44. The summed E-state index contributed by atoms with van der Waals surface area (Å²) >= 11 is 0. The van der Waals surface area contributed by atoms with Gasteiger partial charge < -0.3 is 4.74 Å². The van der Waals surface area contributed by atoms with Crippen LogP contribution in [0.3, 0.4) is 0 Å². The van der Waals surface area contributed by atoms with Crippen LogP contribution in [-0.4, -0.2) is 29.8 Å². The molecule has 1 aromatic rings. The molecule has 22 heavy (non-hydrogen) atoms. The van der Waals surface area contributed by atoms with E-state index < -0.39 is 52.8 Å². The van der Waals surface area contributed by atoms with Crippen molar-refractivity contribution in [3.63, 3.8) is 0 Å². The summed E-state index contributed by atoms with van der Waals surface area (Å²) in [6.07, 6.45) is -1.21. The van der Waals surface area contributed by atoms with Gasteiger partial charge in [-0.1, -0.05) is 0 Å². The van der Waals surface area contributed by atoms with E-state index in [0.29, 0.717) is 17.0 Å². The van der Waals surface area contributed by atoms with Crippen LogP contribution < -0.4 is 4.90 Å². The minimum Gasteiger partial charge on any atom is -0.443 e. The summed E-state index contributed by atoms with van der Waals surface area (Å²) in [5.41, 5.74) is -3.02. The van der Waals surface area contributed by atoms with Crippen molar-refractivity contribution in [1.29, 1.82) is 0 Å². The number of nitro benzene ring substituents is 1. The van der Waals surface area contributed by atoms with Crippen LogP contribution >= 0.6 is 0 Å². The fourth-order valence-electron chi connectivity index (χ4n) is 1.61. The van der Waals surface area contributed by atoms with Gasteiger partial charge >= 0.3 is 11.8 Å². The number of carbonyl (C=O) groups excluding carboxylic acids is 1. The number of hydrogen-bond acceptors (Lipinski definition) is 4. The van der Waals surface area contributed by atoms with Crippen molar-refractivity contribution in [2.45, 2.75) is 26.4 Å². The van der Waals surface area contributed by atoms with E-state index in [1.165, 1.54) is 20.8 Å². The average Bonchev–Trinajstić information content (AvgIpc) is 2.35. The summed E-state index contributed by atoms with van der Waals surface area (Å²) in [5, 5.41) is 10.7. The zero-order chi connectivity index (χ0) is 17.1. The van der Waals surface area contributed by atoms with Crippen molar-refractivity contribution < 1.29 is 27.6 Å². The molecule has 1 amide bonds. The Morgan fingerprint density at radius 3 is 2.41 bits per heavy atom. The molecule has 0 fully saturated rings. The van der Waals surface area contributed by atoms with E-state index in [1.807, 2.05) is 0 Å². The Morgan fingerprint density at radius 2 is 1.95 bits per heavy atom. The molecule has 122 valence electrons. The topological polar surface area (TPSA) is 72.7 Å². The fourth-order valence-corrected chi connectivity index (χ4v) is 1.61. The number of benzene rings is 1. The number of nitro groups is 1. The van der Waals surface area contributed by atoms with Crippen molar-refractivity contribution in [2.24, 2.45) is 0 Å². The predicted molar refractivity (Wildman–Crippen MR) is 72.6 cm³/mol. The summed E-state index contributed by atoms with van der Waals surface area (Å²) in [7, 11) is 0. The number of ether oxygens (including phenoxy) is 1. The molecule has 0 saturated carbocycles. The molecule has 9 heteroatoms. The first kappa shape index (κ1) is 17.7. The van der Waals surface area contributed by atoms with Crippen LogP contribution in [0, 0.1) is 21.7 Å². The van der Waals surface area contributed by atoms with Gasteiger partial charge in [-0.2, -0.15) is 4.39 Å². The second kappa shape index (κ2) is 6.63. The van der Waals surface area contributed by atoms with Crippen LogP contribution in [0.15, 0.2) is 12.1 Å². The highest BCUT2D eigenvalue weighted by Gasteiger charge is 2.31. The molecular weight excluding hydrogens is 305 g/mol. The lowest BCUT2D eigenvalue weighted by Gasteiger charge is -2.27. The lowest BCUT2D eigenvalue weighted by molar-refractivity contribution is -0.387. The van der Waals surface area contributed by atoms with Crippen molar-refractivity contribution in [1.82, 2.24) is 0 Å². The minimum atomic E-state index is -1.57. The zero-order valence-electron chi connectivity index (χ0n) is 12.2. The van der Waals surface area contributed by atoms with Crippen LogP contribution in [0.4, 0.5) is 29.3 Å². The van der Waals surface area contributed by atoms with Gasteiger partial charge in [-0.05, 0) is 26.8 Å². The Labute approximate surface area is 124 Å². The highest BCUT2D eigenvalue weighted by atomic mass is 19.1. The summed E-state index contributed by atoms with van der Waals surface area (Å²) < 4.78 is 45.5. The van der Waals surface area contributed by atoms with E-state index in [1.54, 1.807) is 0 Å². The molecule has 0 aromatic heterocycles. The van der Waals surface area contributed by atoms with Crippen LogP contribution in [-0.2, 0) is 4.74 Å². The Morgan fingerprint density at radius 1 is 1.36 bits per heavy atom. The minimum absolute atomic E-state index is 0.364. The van der Waals surface area contributed by atoms with Crippen LogP contribution in [0.1, 0.15) is 20.8 Å². The number of carbonyl (C=O) groups is 1. The third kappa shape index (κ3) is 4.09. The molecule has 0 aliphatic carbocycles. The molecule has 0 saturated heterocycles. The molecule has 0 unspecified atom stereocenters. The Balaban J connectivity index is 3.35. The number of halogens is 3. The van der Waals surface area contributed by atoms with Crippen molar-refractivity contribution in [2.75, 3.05) is 18.1 Å². The second-order valence-electron chi connectivity index (χ2n) is 5.31. The summed E-state index contributed by atoms with van der Waals surface area (Å²) in [6, 6.07) is 1.25. The molecule has 0 aliphatic heterocycles. The largest absolute Gasteiger partial charge is 0.443 e. The van der Waals surface area contributed by atoms with E-state index in [9.17, 15) is 28.1 Å². The van der Waals surface area contributed by atoms with Crippen molar-refractivity contribution in [3.05, 3.63) is 33.9 Å². The molecule has 1 rings (SSSR count). The van der Waals surface area contributed by atoms with Gasteiger partial charge in [0.15, 0.2) is 5.82 Å². The Kier molecular flexibility index (Phi) is 5.34. The first-order chi connectivity index (χ1) is 10.1. The van der Waals surface area contributed by atoms with Gasteiger partial charge in [-0.3, -0.25) is 15.0 Å². The maximum absolute atomic E-state index is 14.1. The molecular formula is C13H15F3N2O4. The predicted octanol–water partition coefficient (Wildman–Crippen LogP) is 3.58. The lowest BCUT2D eigenvalue weighted by Crippen LogP contribution is -2.39. The van der Waals surface area contributed by atoms with E-state index in [4.69, 9.17) is 4.74 Å². The summed E-state index contributed by atoms with van der Waals surface area (Å²) in [4.78, 5) is 22.0. The number of rotatable bonds is 4. The first-order valence-electron chi connectivity index (χ1n) is 6.27. The van der Waals surface area contributed by atoms with Gasteiger partial charge in [0.2, 0.25) is 5.82 Å². The van der Waals surface area contributed by atoms with Gasteiger partial charge in [0.25, 0.3) is 0 Å². The molecule has 0 aliphatic rings. The molecule has 0 bridgehead atoms. The van der Waals surface area contributed by atoms with Crippen molar-refractivity contribution >= 4 is 17.5 Å². The van der Waals surface area contributed by atoms with Crippen LogP contribution in [0.5, 0.6) is 0 Å². The monoisotopic (exact) mass is 320 g/mol. The van der Waals surface area contributed by atoms with Crippen molar-refractivity contribution in [3.8, 4) is 0 Å². The zero-order valence-corrected chi connectivity index (χ0v) is 12.2. The molecule has 0 spiro atoms. The van der Waals surface area contributed by atoms with Gasteiger partial charge in [0, 0.05) is 6.07 Å². The molecule has 0 atom stereocenters. The SMILES string of the molecule is CC(C)(C)OC(=O)N(CCF)c1c(F)ccc([N+](=O)[O-])c1F. The van der Waals surface area contributed by atoms with E-state index in [2.05, 4.69) is 0 Å². The van der Waals surface area contributed by atoms with Gasteiger partial charge in [0.1, 0.15) is 18.0 Å². The standard InChI is InChI=1S/C13H15F3N2O4/c1-13(2,3)22-12(19)17(7-6-14)11-8(15)4-5-9(10(11)16)18(20)21/h4-5H,6-7H2,1-3H3. The fraction of sp³-hybridized carbons (Fsp3) is 0.462. The van der Waals surface area contributed by atoms with Gasteiger partial charge in [0.05, 0.1) is 11.5 Å². The molecule has 0 heterocycles. The quantitative estimate of drug-likeness (QED) is 0.628. The molecule has 6 nitrogen and oxygen atoms in total. The van der Waals surface area contributed by atoms with E-state index in [-0.39, 0.29) is 0 Å².